The van der Waals surface area contributed by atoms with E-state index in [1.807, 2.05) is 6.92 Å². The Labute approximate surface area is 139 Å². The number of hydrogen-bond acceptors (Lipinski definition) is 2. The fourth-order valence-electron chi connectivity index (χ4n) is 2.20. The van der Waals surface area contributed by atoms with Gasteiger partial charge in [-0.15, -0.1) is 12.4 Å². The number of rotatable bonds is 7. The summed E-state index contributed by atoms with van der Waals surface area (Å²) in [7, 11) is 1.78. The van der Waals surface area contributed by atoms with Crippen LogP contribution >= 0.6 is 12.4 Å². The third kappa shape index (κ3) is 6.32. The molecular weight excluding hydrogens is 303 g/mol. The number of benzene rings is 1. The normalized spacial score (nSPS) is 13.4. The predicted molar refractivity (Wildman–Crippen MR) is 91.7 cm³/mol. The van der Waals surface area contributed by atoms with E-state index in [0.717, 1.165) is 6.42 Å². The molecule has 0 heterocycles. The second kappa shape index (κ2) is 9.80. The highest BCUT2D eigenvalue weighted by Crippen LogP contribution is 2.22. The number of carbonyl (C=O) groups excluding carboxylic acids is 1. The molecule has 3 nitrogen and oxygen atoms in total. The molecule has 2 N–H and O–H groups in total. The Hall–Kier alpha value is -1.13. The predicted octanol–water partition coefficient (Wildman–Crippen LogP) is 3.57. The van der Waals surface area contributed by atoms with Gasteiger partial charge in [0, 0.05) is 26.1 Å². The molecule has 0 aliphatic rings. The van der Waals surface area contributed by atoms with Gasteiger partial charge in [0.2, 0.25) is 5.91 Å². The lowest BCUT2D eigenvalue weighted by molar-refractivity contribution is -0.130. The van der Waals surface area contributed by atoms with Crippen LogP contribution in [0.15, 0.2) is 24.3 Å². The summed E-state index contributed by atoms with van der Waals surface area (Å²) in [6, 6.07) is 6.73. The number of nitrogens with zero attached hydrogens (tertiary/aromatic N) is 1. The van der Waals surface area contributed by atoms with Gasteiger partial charge in [0.1, 0.15) is 5.82 Å². The summed E-state index contributed by atoms with van der Waals surface area (Å²) in [5.74, 6) is 0.0646. The molecule has 0 saturated carbocycles. The molecule has 126 valence electrons. The van der Waals surface area contributed by atoms with Gasteiger partial charge in [-0.1, -0.05) is 39.0 Å². The maximum absolute atomic E-state index is 13.7. The highest BCUT2D eigenvalue weighted by Gasteiger charge is 2.18. The number of amides is 1. The molecule has 22 heavy (non-hydrogen) atoms. The van der Waals surface area contributed by atoms with E-state index in [2.05, 4.69) is 13.8 Å². The van der Waals surface area contributed by atoms with Crippen LogP contribution in [0.25, 0.3) is 0 Å². The summed E-state index contributed by atoms with van der Waals surface area (Å²) in [5, 5.41) is 0. The van der Waals surface area contributed by atoms with Gasteiger partial charge < -0.3 is 10.6 Å². The molecule has 1 rings (SSSR count). The van der Waals surface area contributed by atoms with Crippen molar-refractivity contribution in [2.75, 3.05) is 13.6 Å². The molecule has 2 unspecified atom stereocenters. The molecule has 0 aromatic heterocycles. The molecule has 1 aromatic rings. The van der Waals surface area contributed by atoms with Crippen LogP contribution in [-0.4, -0.2) is 30.4 Å². The minimum absolute atomic E-state index is 0. The van der Waals surface area contributed by atoms with Gasteiger partial charge in [0.05, 0.1) is 0 Å². The first-order valence-electron chi connectivity index (χ1n) is 7.56. The number of nitrogens with two attached hydrogens (primary N) is 1. The number of carbonyl (C=O) groups is 1. The minimum atomic E-state index is -0.248. The lowest BCUT2D eigenvalue weighted by Crippen LogP contribution is -2.35. The van der Waals surface area contributed by atoms with Gasteiger partial charge in [-0.2, -0.15) is 0 Å². The van der Waals surface area contributed by atoms with Gasteiger partial charge in [0.25, 0.3) is 0 Å². The standard InChI is InChI=1S/C17H27FN2O.ClH/c1-12(2)16(19)9-10-20(4)17(21)11-13(3)14-7-5-6-8-15(14)18;/h5-8,12-13,16H,9-11,19H2,1-4H3;1H. The Kier molecular flexibility index (Phi) is 9.30. The van der Waals surface area contributed by atoms with Crippen molar-refractivity contribution in [3.8, 4) is 0 Å². The molecule has 0 saturated heterocycles. The molecule has 0 bridgehead atoms. The zero-order chi connectivity index (χ0) is 16.0. The Morgan fingerprint density at radius 1 is 1.27 bits per heavy atom. The van der Waals surface area contributed by atoms with Crippen LogP contribution in [0.3, 0.4) is 0 Å². The molecule has 0 spiro atoms. The summed E-state index contributed by atoms with van der Waals surface area (Å²) in [6.07, 6.45) is 1.10. The molecule has 1 aromatic carbocycles. The van der Waals surface area contributed by atoms with Gasteiger partial charge in [-0.25, -0.2) is 4.39 Å². The first-order chi connectivity index (χ1) is 9.82. The van der Waals surface area contributed by atoms with Crippen LogP contribution in [0.4, 0.5) is 4.39 Å². The number of hydrogen-bond donors (Lipinski definition) is 1. The van der Waals surface area contributed by atoms with Crippen molar-refractivity contribution < 1.29 is 9.18 Å². The van der Waals surface area contributed by atoms with Crippen LogP contribution in [-0.2, 0) is 4.79 Å². The van der Waals surface area contributed by atoms with Crippen LogP contribution in [0, 0.1) is 11.7 Å². The van der Waals surface area contributed by atoms with Gasteiger partial charge in [-0.05, 0) is 29.9 Å². The van der Waals surface area contributed by atoms with Crippen LogP contribution in [0.2, 0.25) is 0 Å². The summed E-state index contributed by atoms with van der Waals surface area (Å²) < 4.78 is 13.7. The van der Waals surface area contributed by atoms with Crippen molar-refractivity contribution >= 4 is 18.3 Å². The average Bonchev–Trinajstić information content (AvgIpc) is 2.44. The van der Waals surface area contributed by atoms with Gasteiger partial charge in [0.15, 0.2) is 0 Å². The highest BCUT2D eigenvalue weighted by atomic mass is 35.5. The highest BCUT2D eigenvalue weighted by molar-refractivity contribution is 5.85. The van der Waals surface area contributed by atoms with E-state index in [9.17, 15) is 9.18 Å². The van der Waals surface area contributed by atoms with Crippen molar-refractivity contribution in [2.24, 2.45) is 11.7 Å². The first-order valence-corrected chi connectivity index (χ1v) is 7.56. The first kappa shape index (κ1) is 20.9. The third-order valence-electron chi connectivity index (χ3n) is 4.00. The molecule has 0 aliphatic carbocycles. The smallest absolute Gasteiger partial charge is 0.222 e. The minimum Gasteiger partial charge on any atom is -0.346 e. The molecular formula is C17H28ClFN2O. The molecule has 1 amide bonds. The summed E-state index contributed by atoms with van der Waals surface area (Å²) in [6.45, 7) is 6.67. The van der Waals surface area contributed by atoms with Crippen molar-refractivity contribution in [1.29, 1.82) is 0 Å². The zero-order valence-corrected chi connectivity index (χ0v) is 14.7. The molecule has 0 radical (unpaired) electrons. The topological polar surface area (TPSA) is 46.3 Å². The van der Waals surface area contributed by atoms with E-state index in [1.165, 1.54) is 6.07 Å². The van der Waals surface area contributed by atoms with E-state index in [1.54, 1.807) is 30.1 Å². The van der Waals surface area contributed by atoms with Crippen molar-refractivity contribution in [2.45, 2.75) is 45.6 Å². The fraction of sp³-hybridized carbons (Fsp3) is 0.588. The van der Waals surface area contributed by atoms with E-state index >= 15 is 0 Å². The van der Waals surface area contributed by atoms with Crippen LogP contribution < -0.4 is 5.73 Å². The molecule has 2 atom stereocenters. The zero-order valence-electron chi connectivity index (χ0n) is 13.9. The van der Waals surface area contributed by atoms with Crippen molar-refractivity contribution in [3.05, 3.63) is 35.6 Å². The monoisotopic (exact) mass is 330 g/mol. The van der Waals surface area contributed by atoms with E-state index in [4.69, 9.17) is 5.73 Å². The maximum atomic E-state index is 13.7. The van der Waals surface area contributed by atoms with E-state index in [-0.39, 0.29) is 36.1 Å². The van der Waals surface area contributed by atoms with Gasteiger partial charge in [-0.3, -0.25) is 4.79 Å². The Morgan fingerprint density at radius 2 is 1.86 bits per heavy atom. The summed E-state index contributed by atoms with van der Waals surface area (Å²) >= 11 is 0. The second-order valence-corrected chi connectivity index (χ2v) is 6.14. The lowest BCUT2D eigenvalue weighted by Gasteiger charge is -2.23. The van der Waals surface area contributed by atoms with E-state index < -0.39 is 0 Å². The van der Waals surface area contributed by atoms with Crippen molar-refractivity contribution in [1.82, 2.24) is 4.90 Å². The largest absolute Gasteiger partial charge is 0.346 e. The quantitative estimate of drug-likeness (QED) is 0.830. The van der Waals surface area contributed by atoms with Gasteiger partial charge >= 0.3 is 0 Å². The summed E-state index contributed by atoms with van der Waals surface area (Å²) in [5.41, 5.74) is 6.59. The molecule has 5 heteroatoms. The van der Waals surface area contributed by atoms with E-state index in [0.29, 0.717) is 24.4 Å². The van der Waals surface area contributed by atoms with Crippen molar-refractivity contribution in [3.63, 3.8) is 0 Å². The Bertz CT molecular complexity index is 468. The second-order valence-electron chi connectivity index (χ2n) is 6.14. The van der Waals surface area contributed by atoms with Crippen LogP contribution in [0.5, 0.6) is 0 Å². The Balaban J connectivity index is 0.00000441. The fourth-order valence-corrected chi connectivity index (χ4v) is 2.20. The Morgan fingerprint density at radius 3 is 2.41 bits per heavy atom. The maximum Gasteiger partial charge on any atom is 0.222 e. The lowest BCUT2D eigenvalue weighted by atomic mass is 9.96. The SMILES string of the molecule is CC(CC(=O)N(C)CCC(N)C(C)C)c1ccccc1F.Cl. The third-order valence-corrected chi connectivity index (χ3v) is 4.00. The molecule has 0 fully saturated rings. The summed E-state index contributed by atoms with van der Waals surface area (Å²) in [4.78, 5) is 13.9. The average molecular weight is 331 g/mol. The molecule has 0 aliphatic heterocycles. The number of halogens is 2. The van der Waals surface area contributed by atoms with Crippen LogP contribution in [0.1, 0.15) is 45.1 Å².